The number of rotatable bonds is 7. The molecule has 0 aliphatic heterocycles. The molecule has 1 aromatic carbocycles. The fourth-order valence-electron chi connectivity index (χ4n) is 1.90. The number of carbonyl (C=O) groups is 1. The van der Waals surface area contributed by atoms with Crippen molar-refractivity contribution in [3.8, 4) is 11.5 Å². The molecular weight excluding hydrogens is 264 g/mol. The van der Waals surface area contributed by atoms with Gasteiger partial charge in [0, 0.05) is 0 Å². The van der Waals surface area contributed by atoms with Crippen LogP contribution in [0.2, 0.25) is 0 Å². The van der Waals surface area contributed by atoms with Crippen LogP contribution in [0, 0.1) is 0 Å². The number of hydrogen-bond donors (Lipinski definition) is 2. The maximum atomic E-state index is 10.4. The van der Waals surface area contributed by atoms with Crippen molar-refractivity contribution in [1.82, 2.24) is 0 Å². The molecule has 0 bridgehead atoms. The van der Waals surface area contributed by atoms with Crippen LogP contribution < -0.4 is 0 Å². The minimum Gasteiger partial charge on any atom is -0.504 e. The van der Waals surface area contributed by atoms with Gasteiger partial charge < -0.3 is 10.2 Å². The standard InChI is InChI=1S/C18H20O3/c1-4-5-7-13(2)10-15-11-17(20)18(21)12-16(15)14(3)8-6-9-19/h5-9,11-12,20-21H,2-4,10H2,1H3/b7-5-,8-6+. The molecule has 1 aromatic rings. The summed E-state index contributed by atoms with van der Waals surface area (Å²) in [5.74, 6) is -0.405. The molecule has 0 saturated carbocycles. The second-order valence-corrected chi connectivity index (χ2v) is 4.66. The van der Waals surface area contributed by atoms with Crippen molar-refractivity contribution < 1.29 is 15.0 Å². The zero-order chi connectivity index (χ0) is 15.8. The Morgan fingerprint density at radius 1 is 1.19 bits per heavy atom. The van der Waals surface area contributed by atoms with Crippen LogP contribution in [0.25, 0.3) is 5.57 Å². The lowest BCUT2D eigenvalue weighted by atomic mass is 9.94. The van der Waals surface area contributed by atoms with Crippen LogP contribution >= 0.6 is 0 Å². The quantitative estimate of drug-likeness (QED) is 0.345. The van der Waals surface area contributed by atoms with Crippen LogP contribution in [0.3, 0.4) is 0 Å². The molecule has 0 aliphatic rings. The van der Waals surface area contributed by atoms with Gasteiger partial charge in [-0.1, -0.05) is 43.9 Å². The zero-order valence-electron chi connectivity index (χ0n) is 12.2. The first-order chi connectivity index (χ1) is 9.99. The Morgan fingerprint density at radius 2 is 1.86 bits per heavy atom. The van der Waals surface area contributed by atoms with Crippen molar-refractivity contribution in [3.05, 3.63) is 66.3 Å². The second-order valence-electron chi connectivity index (χ2n) is 4.66. The molecule has 0 unspecified atom stereocenters. The predicted molar refractivity (Wildman–Crippen MR) is 86.3 cm³/mol. The zero-order valence-corrected chi connectivity index (χ0v) is 12.2. The SMILES string of the molecule is C=C(/C=C\CC)Cc1cc(O)c(O)cc1C(=C)/C=C/C=O. The summed E-state index contributed by atoms with van der Waals surface area (Å²) in [6, 6.07) is 2.94. The molecule has 0 fully saturated rings. The molecule has 0 atom stereocenters. The van der Waals surface area contributed by atoms with Gasteiger partial charge >= 0.3 is 0 Å². The molecule has 21 heavy (non-hydrogen) atoms. The predicted octanol–water partition coefficient (Wildman–Crippen LogP) is 3.93. The van der Waals surface area contributed by atoms with E-state index in [0.29, 0.717) is 23.8 Å². The Bertz CT molecular complexity index is 607. The molecule has 3 nitrogen and oxygen atoms in total. The summed E-state index contributed by atoms with van der Waals surface area (Å²) in [6.45, 7) is 9.88. The smallest absolute Gasteiger partial charge is 0.158 e. The van der Waals surface area contributed by atoms with E-state index in [1.165, 1.54) is 18.2 Å². The fraction of sp³-hybridized carbons (Fsp3) is 0.167. The molecule has 0 heterocycles. The number of phenolic OH excluding ortho intramolecular Hbond substituents is 2. The van der Waals surface area contributed by atoms with Gasteiger partial charge in [-0.2, -0.15) is 0 Å². The van der Waals surface area contributed by atoms with E-state index in [9.17, 15) is 15.0 Å². The van der Waals surface area contributed by atoms with Crippen LogP contribution in [0.4, 0.5) is 0 Å². The molecule has 0 spiro atoms. The Balaban J connectivity index is 3.16. The average molecular weight is 284 g/mol. The molecule has 3 heteroatoms. The number of benzene rings is 1. The third kappa shape index (κ3) is 4.80. The van der Waals surface area contributed by atoms with Gasteiger partial charge in [-0.15, -0.1) is 0 Å². The lowest BCUT2D eigenvalue weighted by Gasteiger charge is -2.12. The first-order valence-electron chi connectivity index (χ1n) is 6.69. The van der Waals surface area contributed by atoms with E-state index in [2.05, 4.69) is 13.2 Å². The van der Waals surface area contributed by atoms with Gasteiger partial charge in [-0.25, -0.2) is 0 Å². The van der Waals surface area contributed by atoms with Gasteiger partial charge in [-0.05, 0) is 47.8 Å². The number of aromatic hydroxyl groups is 2. The first-order valence-corrected chi connectivity index (χ1v) is 6.69. The molecule has 1 rings (SSSR count). The summed E-state index contributed by atoms with van der Waals surface area (Å²) in [7, 11) is 0. The Kier molecular flexibility index (Phi) is 6.21. The highest BCUT2D eigenvalue weighted by Gasteiger charge is 2.10. The summed E-state index contributed by atoms with van der Waals surface area (Å²) < 4.78 is 0. The molecule has 110 valence electrons. The highest BCUT2D eigenvalue weighted by Crippen LogP contribution is 2.33. The third-order valence-electron chi connectivity index (χ3n) is 2.93. The van der Waals surface area contributed by atoms with Crippen LogP contribution in [-0.2, 0) is 11.2 Å². The maximum Gasteiger partial charge on any atom is 0.158 e. The number of aldehydes is 1. The normalized spacial score (nSPS) is 11.1. The molecule has 0 aliphatic carbocycles. The summed E-state index contributed by atoms with van der Waals surface area (Å²) in [4.78, 5) is 10.4. The Hall–Kier alpha value is -2.55. The molecule has 0 saturated heterocycles. The van der Waals surface area contributed by atoms with Crippen molar-refractivity contribution in [2.75, 3.05) is 0 Å². The second kappa shape index (κ2) is 7.90. The van der Waals surface area contributed by atoms with E-state index in [0.717, 1.165) is 17.6 Å². The van der Waals surface area contributed by atoms with Gasteiger partial charge in [-0.3, -0.25) is 4.79 Å². The van der Waals surface area contributed by atoms with Crippen molar-refractivity contribution in [2.24, 2.45) is 0 Å². The lowest BCUT2D eigenvalue weighted by molar-refractivity contribution is -0.104. The lowest BCUT2D eigenvalue weighted by Crippen LogP contribution is -1.94. The highest BCUT2D eigenvalue weighted by molar-refractivity contribution is 5.80. The number of hydrogen-bond acceptors (Lipinski definition) is 3. The van der Waals surface area contributed by atoms with Crippen molar-refractivity contribution in [3.63, 3.8) is 0 Å². The fourth-order valence-corrected chi connectivity index (χ4v) is 1.90. The van der Waals surface area contributed by atoms with Crippen molar-refractivity contribution in [2.45, 2.75) is 19.8 Å². The first kappa shape index (κ1) is 16.5. The number of carbonyl (C=O) groups excluding carboxylic acids is 1. The van der Waals surface area contributed by atoms with Gasteiger partial charge in [0.05, 0.1) is 0 Å². The number of phenols is 2. The van der Waals surface area contributed by atoms with E-state index in [4.69, 9.17) is 0 Å². The highest BCUT2D eigenvalue weighted by atomic mass is 16.3. The molecular formula is C18H20O3. The van der Waals surface area contributed by atoms with Crippen LogP contribution in [0.5, 0.6) is 11.5 Å². The molecule has 0 aromatic heterocycles. The Labute approximate surface area is 125 Å². The monoisotopic (exact) mass is 284 g/mol. The van der Waals surface area contributed by atoms with Crippen molar-refractivity contribution in [1.29, 1.82) is 0 Å². The van der Waals surface area contributed by atoms with Gasteiger partial charge in [0.2, 0.25) is 0 Å². The van der Waals surface area contributed by atoms with E-state index in [1.54, 1.807) is 6.08 Å². The topological polar surface area (TPSA) is 57.5 Å². The summed E-state index contributed by atoms with van der Waals surface area (Å²) in [6.07, 6.45) is 8.93. The van der Waals surface area contributed by atoms with E-state index >= 15 is 0 Å². The van der Waals surface area contributed by atoms with Crippen LogP contribution in [0.15, 0.2) is 55.2 Å². The molecule has 2 N–H and O–H groups in total. The van der Waals surface area contributed by atoms with E-state index in [1.807, 2.05) is 19.1 Å². The molecule has 0 amide bonds. The minimum absolute atomic E-state index is 0.187. The Morgan fingerprint density at radius 3 is 2.48 bits per heavy atom. The van der Waals surface area contributed by atoms with Crippen LogP contribution in [0.1, 0.15) is 24.5 Å². The summed E-state index contributed by atoms with van der Waals surface area (Å²) >= 11 is 0. The van der Waals surface area contributed by atoms with E-state index < -0.39 is 0 Å². The van der Waals surface area contributed by atoms with Gasteiger partial charge in [0.15, 0.2) is 11.5 Å². The minimum atomic E-state index is -0.218. The molecule has 0 radical (unpaired) electrons. The summed E-state index contributed by atoms with van der Waals surface area (Å²) in [5, 5.41) is 19.3. The number of allylic oxidation sites excluding steroid dienone is 6. The van der Waals surface area contributed by atoms with Gasteiger partial charge in [0.1, 0.15) is 6.29 Å². The van der Waals surface area contributed by atoms with Crippen molar-refractivity contribution >= 4 is 11.9 Å². The van der Waals surface area contributed by atoms with Crippen LogP contribution in [-0.4, -0.2) is 16.5 Å². The average Bonchev–Trinajstić information content (AvgIpc) is 2.46. The third-order valence-corrected chi connectivity index (χ3v) is 2.93. The largest absolute Gasteiger partial charge is 0.504 e. The van der Waals surface area contributed by atoms with Gasteiger partial charge in [0.25, 0.3) is 0 Å². The summed E-state index contributed by atoms with van der Waals surface area (Å²) in [5.41, 5.74) is 2.93. The maximum absolute atomic E-state index is 10.4. The van der Waals surface area contributed by atoms with E-state index in [-0.39, 0.29) is 11.5 Å².